The predicted octanol–water partition coefficient (Wildman–Crippen LogP) is 2.65. The first-order valence-electron chi connectivity index (χ1n) is 9.13. The summed E-state index contributed by atoms with van der Waals surface area (Å²) in [6.45, 7) is 0.983. The normalized spacial score (nSPS) is 15.3. The number of rotatable bonds is 6. The zero-order chi connectivity index (χ0) is 21.1. The van der Waals surface area contributed by atoms with Crippen molar-refractivity contribution in [1.82, 2.24) is 14.5 Å². The standard InChI is InChI=1S/C19H18F2N4O4S/c20-14-3-1-13(2-4-14)19-24-23-18(29-19)12-22-15-5-6-16(21)17(11-15)30(26,27)25-7-9-28-10-8-25/h1-6,11,22H,7-10,12H2. The van der Waals surface area contributed by atoms with Crippen molar-refractivity contribution in [3.8, 4) is 11.5 Å². The number of aromatic nitrogens is 2. The summed E-state index contributed by atoms with van der Waals surface area (Å²) in [5.41, 5.74) is 0.945. The van der Waals surface area contributed by atoms with E-state index in [1.54, 1.807) is 0 Å². The molecule has 0 spiro atoms. The molecule has 1 saturated heterocycles. The van der Waals surface area contributed by atoms with Crippen molar-refractivity contribution >= 4 is 15.7 Å². The van der Waals surface area contributed by atoms with Crippen LogP contribution in [0.2, 0.25) is 0 Å². The molecule has 8 nitrogen and oxygen atoms in total. The Hall–Kier alpha value is -2.89. The number of ether oxygens (including phenoxy) is 1. The Labute approximate surface area is 171 Å². The van der Waals surface area contributed by atoms with Crippen LogP contribution in [0.5, 0.6) is 0 Å². The van der Waals surface area contributed by atoms with E-state index in [9.17, 15) is 17.2 Å². The molecule has 1 fully saturated rings. The van der Waals surface area contributed by atoms with E-state index in [0.29, 0.717) is 11.3 Å². The van der Waals surface area contributed by atoms with Gasteiger partial charge in [0.05, 0.1) is 19.8 Å². The van der Waals surface area contributed by atoms with E-state index in [1.807, 2.05) is 0 Å². The van der Waals surface area contributed by atoms with Gasteiger partial charge in [0, 0.05) is 24.3 Å². The molecule has 1 N–H and O–H groups in total. The summed E-state index contributed by atoms with van der Waals surface area (Å²) in [6.07, 6.45) is 0. The molecule has 4 rings (SSSR count). The van der Waals surface area contributed by atoms with Crippen LogP contribution in [0.25, 0.3) is 11.5 Å². The van der Waals surface area contributed by atoms with Crippen molar-refractivity contribution in [3.05, 3.63) is 60.0 Å². The largest absolute Gasteiger partial charge is 0.419 e. The van der Waals surface area contributed by atoms with E-state index in [2.05, 4.69) is 15.5 Å². The molecule has 158 valence electrons. The molecule has 3 aromatic rings. The van der Waals surface area contributed by atoms with E-state index in [1.165, 1.54) is 40.7 Å². The lowest BCUT2D eigenvalue weighted by molar-refractivity contribution is 0.0729. The van der Waals surface area contributed by atoms with Crippen molar-refractivity contribution < 1.29 is 26.4 Å². The third-order valence-corrected chi connectivity index (χ3v) is 6.43. The minimum Gasteiger partial charge on any atom is -0.419 e. The molecule has 1 aliphatic heterocycles. The zero-order valence-corrected chi connectivity index (χ0v) is 16.5. The Morgan fingerprint density at radius 1 is 1.03 bits per heavy atom. The van der Waals surface area contributed by atoms with Crippen LogP contribution in [-0.2, 0) is 21.3 Å². The van der Waals surface area contributed by atoms with E-state index in [-0.39, 0.29) is 50.4 Å². The van der Waals surface area contributed by atoms with Crippen molar-refractivity contribution in [2.45, 2.75) is 11.4 Å². The van der Waals surface area contributed by atoms with Crippen LogP contribution in [0, 0.1) is 11.6 Å². The molecule has 0 saturated carbocycles. The third-order valence-electron chi connectivity index (χ3n) is 4.52. The van der Waals surface area contributed by atoms with Gasteiger partial charge in [0.15, 0.2) is 0 Å². The van der Waals surface area contributed by atoms with E-state index in [0.717, 1.165) is 6.07 Å². The van der Waals surface area contributed by atoms with Gasteiger partial charge < -0.3 is 14.5 Å². The van der Waals surface area contributed by atoms with Gasteiger partial charge in [-0.1, -0.05) is 0 Å². The first-order valence-corrected chi connectivity index (χ1v) is 10.6. The van der Waals surface area contributed by atoms with Gasteiger partial charge in [0.2, 0.25) is 21.8 Å². The van der Waals surface area contributed by atoms with Gasteiger partial charge >= 0.3 is 0 Å². The second-order valence-corrected chi connectivity index (χ2v) is 8.43. The predicted molar refractivity (Wildman–Crippen MR) is 103 cm³/mol. The molecule has 0 radical (unpaired) electrons. The molecule has 2 aromatic carbocycles. The van der Waals surface area contributed by atoms with Gasteiger partial charge in [-0.25, -0.2) is 17.2 Å². The average Bonchev–Trinajstić information content (AvgIpc) is 3.23. The van der Waals surface area contributed by atoms with Crippen molar-refractivity contribution in [1.29, 1.82) is 0 Å². The van der Waals surface area contributed by atoms with Crippen molar-refractivity contribution in [3.63, 3.8) is 0 Å². The van der Waals surface area contributed by atoms with Crippen LogP contribution in [0.4, 0.5) is 14.5 Å². The van der Waals surface area contributed by atoms with E-state index < -0.39 is 20.7 Å². The van der Waals surface area contributed by atoms with Gasteiger partial charge in [-0.05, 0) is 42.5 Å². The number of sulfonamides is 1. The fraction of sp³-hybridized carbons (Fsp3) is 0.263. The lowest BCUT2D eigenvalue weighted by atomic mass is 10.2. The fourth-order valence-corrected chi connectivity index (χ4v) is 4.45. The number of nitrogens with zero attached hydrogens (tertiary/aromatic N) is 3. The van der Waals surface area contributed by atoms with Crippen LogP contribution in [0.3, 0.4) is 0 Å². The SMILES string of the molecule is O=S(=O)(c1cc(NCc2nnc(-c3ccc(F)cc3)o2)ccc1F)N1CCOCC1. The molecule has 0 aliphatic carbocycles. The van der Waals surface area contributed by atoms with Crippen LogP contribution in [0.15, 0.2) is 51.8 Å². The molecule has 0 atom stereocenters. The van der Waals surface area contributed by atoms with Gasteiger partial charge in [-0.15, -0.1) is 10.2 Å². The summed E-state index contributed by atoms with van der Waals surface area (Å²) < 4.78 is 64.7. The van der Waals surface area contributed by atoms with Crippen LogP contribution < -0.4 is 5.32 Å². The highest BCUT2D eigenvalue weighted by Crippen LogP contribution is 2.24. The Morgan fingerprint density at radius 2 is 1.77 bits per heavy atom. The molecule has 1 aliphatic rings. The molecule has 0 unspecified atom stereocenters. The quantitative estimate of drug-likeness (QED) is 0.634. The van der Waals surface area contributed by atoms with E-state index in [4.69, 9.17) is 9.15 Å². The van der Waals surface area contributed by atoms with Crippen LogP contribution in [0.1, 0.15) is 5.89 Å². The Balaban J connectivity index is 1.48. The summed E-state index contributed by atoms with van der Waals surface area (Å²) in [5, 5.41) is 10.8. The number of hydrogen-bond donors (Lipinski definition) is 1. The number of hydrogen-bond acceptors (Lipinski definition) is 7. The van der Waals surface area contributed by atoms with Crippen LogP contribution >= 0.6 is 0 Å². The Morgan fingerprint density at radius 3 is 2.50 bits per heavy atom. The topological polar surface area (TPSA) is 97.6 Å². The lowest BCUT2D eigenvalue weighted by Gasteiger charge is -2.26. The maximum absolute atomic E-state index is 14.3. The lowest BCUT2D eigenvalue weighted by Crippen LogP contribution is -2.40. The highest BCUT2D eigenvalue weighted by Gasteiger charge is 2.29. The summed E-state index contributed by atoms with van der Waals surface area (Å²) in [6, 6.07) is 9.35. The first-order chi connectivity index (χ1) is 14.4. The van der Waals surface area contributed by atoms with Gasteiger partial charge in [0.1, 0.15) is 16.5 Å². The highest BCUT2D eigenvalue weighted by molar-refractivity contribution is 7.89. The number of morpholine rings is 1. The summed E-state index contributed by atoms with van der Waals surface area (Å²) in [4.78, 5) is -0.410. The van der Waals surface area contributed by atoms with Gasteiger partial charge in [0.25, 0.3) is 0 Å². The number of anilines is 1. The molecule has 30 heavy (non-hydrogen) atoms. The maximum atomic E-state index is 14.3. The first kappa shape index (κ1) is 20.4. The number of nitrogens with one attached hydrogen (secondary N) is 1. The second kappa shape index (κ2) is 8.46. The minimum atomic E-state index is -3.98. The Bertz CT molecular complexity index is 1130. The zero-order valence-electron chi connectivity index (χ0n) is 15.7. The van der Waals surface area contributed by atoms with Crippen molar-refractivity contribution in [2.75, 3.05) is 31.6 Å². The van der Waals surface area contributed by atoms with E-state index >= 15 is 0 Å². The molecule has 2 heterocycles. The van der Waals surface area contributed by atoms with Gasteiger partial charge in [-0.3, -0.25) is 0 Å². The second-order valence-electron chi connectivity index (χ2n) is 6.52. The molecule has 0 bridgehead atoms. The van der Waals surface area contributed by atoms with Crippen LogP contribution in [-0.4, -0.2) is 49.2 Å². The molecule has 1 aromatic heterocycles. The molecule has 11 heteroatoms. The summed E-state index contributed by atoms with van der Waals surface area (Å²) >= 11 is 0. The fourth-order valence-electron chi connectivity index (χ4n) is 2.95. The number of benzene rings is 2. The minimum absolute atomic E-state index is 0.0941. The molecular formula is C19H18F2N4O4S. The smallest absolute Gasteiger partial charge is 0.247 e. The molecular weight excluding hydrogens is 418 g/mol. The Kier molecular flexibility index (Phi) is 5.75. The third kappa shape index (κ3) is 4.32. The number of halogens is 2. The summed E-state index contributed by atoms with van der Waals surface area (Å²) in [7, 11) is -3.98. The monoisotopic (exact) mass is 436 g/mol. The molecule has 0 amide bonds. The average molecular weight is 436 g/mol. The van der Waals surface area contributed by atoms with Gasteiger partial charge in [-0.2, -0.15) is 4.31 Å². The summed E-state index contributed by atoms with van der Waals surface area (Å²) in [5.74, 6) is -0.750. The van der Waals surface area contributed by atoms with Crippen molar-refractivity contribution in [2.24, 2.45) is 0 Å². The highest BCUT2D eigenvalue weighted by atomic mass is 32.2. The maximum Gasteiger partial charge on any atom is 0.247 e.